The summed E-state index contributed by atoms with van der Waals surface area (Å²) in [6, 6.07) is 2.21. The summed E-state index contributed by atoms with van der Waals surface area (Å²) < 4.78 is 5.41. The van der Waals surface area contributed by atoms with Crippen LogP contribution in [0.3, 0.4) is 0 Å². The molecule has 1 aromatic rings. The van der Waals surface area contributed by atoms with Gasteiger partial charge < -0.3 is 15.8 Å². The highest BCUT2D eigenvalue weighted by Crippen LogP contribution is 2.35. The highest BCUT2D eigenvalue weighted by atomic mass is 16.6. The summed E-state index contributed by atoms with van der Waals surface area (Å²) in [6.45, 7) is 0. The van der Waals surface area contributed by atoms with Crippen LogP contribution in [0.25, 0.3) is 0 Å². The number of amides is 1. The molecular formula is C12H18N4O2. The van der Waals surface area contributed by atoms with Crippen LogP contribution in [-0.4, -0.2) is 28.4 Å². The minimum atomic E-state index is -0.271. The summed E-state index contributed by atoms with van der Waals surface area (Å²) in [5.41, 5.74) is 6.63. The maximum atomic E-state index is 11.5. The standard InChI is InChI=1S/C12H18N4O2/c13-11-6-10(15-16-11)7-1-4-9(5-7)18-12(17)14-8-2-3-8/h6-9H,1-5H2,(H,14,17)(H3,13,15,16). The van der Waals surface area contributed by atoms with Crippen molar-refractivity contribution in [3.63, 3.8) is 0 Å². The van der Waals surface area contributed by atoms with Crippen LogP contribution >= 0.6 is 0 Å². The molecule has 0 radical (unpaired) electrons. The Balaban J connectivity index is 1.50. The molecule has 18 heavy (non-hydrogen) atoms. The third kappa shape index (κ3) is 2.57. The van der Waals surface area contributed by atoms with Crippen molar-refractivity contribution in [1.29, 1.82) is 0 Å². The second kappa shape index (κ2) is 4.51. The number of carbonyl (C=O) groups is 1. The van der Waals surface area contributed by atoms with Gasteiger partial charge in [0.25, 0.3) is 0 Å². The van der Waals surface area contributed by atoms with E-state index in [-0.39, 0.29) is 12.2 Å². The first-order valence-electron chi connectivity index (χ1n) is 6.48. The molecule has 6 heteroatoms. The van der Waals surface area contributed by atoms with E-state index in [1.165, 1.54) is 0 Å². The van der Waals surface area contributed by atoms with Gasteiger partial charge in [-0.15, -0.1) is 0 Å². The highest BCUT2D eigenvalue weighted by Gasteiger charge is 2.31. The summed E-state index contributed by atoms with van der Waals surface area (Å²) in [6.07, 6.45) is 4.65. The molecule has 2 unspecified atom stereocenters. The predicted molar refractivity (Wildman–Crippen MR) is 66.0 cm³/mol. The molecule has 2 aliphatic rings. The van der Waals surface area contributed by atoms with Crippen molar-refractivity contribution < 1.29 is 9.53 Å². The van der Waals surface area contributed by atoms with Gasteiger partial charge in [-0.2, -0.15) is 5.10 Å². The number of nitrogens with zero attached hydrogens (tertiary/aromatic N) is 1. The molecule has 4 N–H and O–H groups in total. The number of H-pyrrole nitrogens is 1. The first-order valence-corrected chi connectivity index (χ1v) is 6.48. The Morgan fingerprint density at radius 2 is 2.28 bits per heavy atom. The third-order valence-corrected chi connectivity index (χ3v) is 3.61. The average molecular weight is 250 g/mol. The summed E-state index contributed by atoms with van der Waals surface area (Å²) in [4.78, 5) is 11.5. The van der Waals surface area contributed by atoms with Crippen LogP contribution in [0.1, 0.15) is 43.7 Å². The van der Waals surface area contributed by atoms with Crippen LogP contribution in [0.5, 0.6) is 0 Å². The largest absolute Gasteiger partial charge is 0.446 e. The lowest BCUT2D eigenvalue weighted by Gasteiger charge is -2.12. The van der Waals surface area contributed by atoms with E-state index in [1.807, 2.05) is 6.07 Å². The number of alkyl carbamates (subject to hydrolysis) is 1. The van der Waals surface area contributed by atoms with Gasteiger partial charge in [0.1, 0.15) is 11.9 Å². The normalized spacial score (nSPS) is 27.1. The molecule has 0 aliphatic heterocycles. The van der Waals surface area contributed by atoms with Gasteiger partial charge >= 0.3 is 6.09 Å². The van der Waals surface area contributed by atoms with Gasteiger partial charge in [-0.05, 0) is 32.1 Å². The topological polar surface area (TPSA) is 93.0 Å². The fourth-order valence-corrected chi connectivity index (χ4v) is 2.47. The van der Waals surface area contributed by atoms with Crippen molar-refractivity contribution in [3.8, 4) is 0 Å². The van der Waals surface area contributed by atoms with Crippen molar-refractivity contribution in [1.82, 2.24) is 15.5 Å². The lowest BCUT2D eigenvalue weighted by atomic mass is 10.0. The Labute approximate surface area is 105 Å². The summed E-state index contributed by atoms with van der Waals surface area (Å²) in [7, 11) is 0. The van der Waals surface area contributed by atoms with Crippen LogP contribution in [-0.2, 0) is 4.74 Å². The number of nitrogens with two attached hydrogens (primary N) is 1. The number of nitrogens with one attached hydrogen (secondary N) is 2. The van der Waals surface area contributed by atoms with E-state index in [4.69, 9.17) is 10.5 Å². The number of aromatic nitrogens is 2. The molecule has 6 nitrogen and oxygen atoms in total. The second-order valence-corrected chi connectivity index (χ2v) is 5.20. The zero-order valence-electron chi connectivity index (χ0n) is 10.2. The number of aromatic amines is 1. The van der Waals surface area contributed by atoms with Crippen LogP contribution in [0.15, 0.2) is 6.07 Å². The maximum Gasteiger partial charge on any atom is 0.407 e. The summed E-state index contributed by atoms with van der Waals surface area (Å²) in [5, 5.41) is 9.70. The number of carbonyl (C=O) groups excluding carboxylic acids is 1. The van der Waals surface area contributed by atoms with Crippen LogP contribution < -0.4 is 11.1 Å². The van der Waals surface area contributed by atoms with Gasteiger partial charge in [-0.3, -0.25) is 5.10 Å². The average Bonchev–Trinajstić information content (AvgIpc) is 2.85. The minimum Gasteiger partial charge on any atom is -0.446 e. The molecule has 2 fully saturated rings. The number of rotatable bonds is 3. The number of nitrogen functional groups attached to an aromatic ring is 1. The molecule has 0 aromatic carbocycles. The molecule has 0 spiro atoms. The van der Waals surface area contributed by atoms with Crippen molar-refractivity contribution >= 4 is 11.9 Å². The van der Waals surface area contributed by atoms with Crippen LogP contribution in [0, 0.1) is 0 Å². The monoisotopic (exact) mass is 250 g/mol. The lowest BCUT2D eigenvalue weighted by Crippen LogP contribution is -2.29. The van der Waals surface area contributed by atoms with Gasteiger partial charge in [0.15, 0.2) is 0 Å². The van der Waals surface area contributed by atoms with Gasteiger partial charge in [-0.1, -0.05) is 0 Å². The number of anilines is 1. The Hall–Kier alpha value is -1.72. The quantitative estimate of drug-likeness (QED) is 0.758. The van der Waals surface area contributed by atoms with E-state index in [0.717, 1.165) is 37.8 Å². The van der Waals surface area contributed by atoms with E-state index in [0.29, 0.717) is 17.8 Å². The van der Waals surface area contributed by atoms with Gasteiger partial charge in [-0.25, -0.2) is 4.79 Å². The fraction of sp³-hybridized carbons (Fsp3) is 0.667. The van der Waals surface area contributed by atoms with Gasteiger partial charge in [0.05, 0.1) is 0 Å². The predicted octanol–water partition coefficient (Wildman–Crippen LogP) is 1.52. The number of hydrogen-bond donors (Lipinski definition) is 3. The Morgan fingerprint density at radius 3 is 2.94 bits per heavy atom. The van der Waals surface area contributed by atoms with E-state index < -0.39 is 0 Å². The Morgan fingerprint density at radius 1 is 1.44 bits per heavy atom. The van der Waals surface area contributed by atoms with E-state index >= 15 is 0 Å². The maximum absolute atomic E-state index is 11.5. The van der Waals surface area contributed by atoms with E-state index in [9.17, 15) is 4.79 Å². The van der Waals surface area contributed by atoms with Crippen molar-refractivity contribution in [2.24, 2.45) is 0 Å². The van der Waals surface area contributed by atoms with E-state index in [2.05, 4.69) is 15.5 Å². The number of ether oxygens (including phenoxy) is 1. The van der Waals surface area contributed by atoms with Gasteiger partial charge in [0.2, 0.25) is 0 Å². The SMILES string of the molecule is Nc1cc(C2CCC(OC(=O)NC3CC3)C2)[nH]n1. The van der Waals surface area contributed by atoms with Gasteiger partial charge in [0, 0.05) is 23.7 Å². The molecule has 2 aliphatic carbocycles. The van der Waals surface area contributed by atoms with Crippen molar-refractivity contribution in [3.05, 3.63) is 11.8 Å². The van der Waals surface area contributed by atoms with Crippen molar-refractivity contribution in [2.45, 2.75) is 50.2 Å². The van der Waals surface area contributed by atoms with Crippen LogP contribution in [0.4, 0.5) is 10.6 Å². The molecule has 0 bridgehead atoms. The molecule has 0 saturated heterocycles. The molecule has 1 amide bonds. The minimum absolute atomic E-state index is 0.0123. The van der Waals surface area contributed by atoms with Crippen LogP contribution in [0.2, 0.25) is 0 Å². The summed E-state index contributed by atoms with van der Waals surface area (Å²) in [5.74, 6) is 0.884. The second-order valence-electron chi connectivity index (χ2n) is 5.20. The zero-order chi connectivity index (χ0) is 12.5. The Bertz CT molecular complexity index is 441. The molecule has 2 saturated carbocycles. The number of hydrogen-bond acceptors (Lipinski definition) is 4. The first-order chi connectivity index (χ1) is 8.70. The summed E-state index contributed by atoms with van der Waals surface area (Å²) >= 11 is 0. The fourth-order valence-electron chi connectivity index (χ4n) is 2.47. The third-order valence-electron chi connectivity index (χ3n) is 3.61. The molecule has 3 rings (SSSR count). The smallest absolute Gasteiger partial charge is 0.407 e. The molecule has 1 aromatic heterocycles. The van der Waals surface area contributed by atoms with E-state index in [1.54, 1.807) is 0 Å². The lowest BCUT2D eigenvalue weighted by molar-refractivity contribution is 0.0997. The molecular weight excluding hydrogens is 232 g/mol. The molecule has 2 atom stereocenters. The Kier molecular flexibility index (Phi) is 2.85. The van der Waals surface area contributed by atoms with Crippen molar-refractivity contribution in [2.75, 3.05) is 5.73 Å². The molecule has 98 valence electrons. The highest BCUT2D eigenvalue weighted by molar-refractivity contribution is 5.68. The first kappa shape index (κ1) is 11.4. The molecule has 1 heterocycles. The zero-order valence-corrected chi connectivity index (χ0v) is 10.2.